The maximum absolute atomic E-state index is 14.0. The first-order chi connectivity index (χ1) is 17.7. The summed E-state index contributed by atoms with van der Waals surface area (Å²) in [6, 6.07) is 5.32. The van der Waals surface area contributed by atoms with Crippen LogP contribution in [0.15, 0.2) is 71.2 Å². The molecule has 3 N–H and O–H groups in total. The van der Waals surface area contributed by atoms with Gasteiger partial charge in [0.05, 0.1) is 23.0 Å². The lowest BCUT2D eigenvalue weighted by Crippen LogP contribution is -2.29. The number of nitrogens with zero attached hydrogens (tertiary/aromatic N) is 3. The fourth-order valence-corrected chi connectivity index (χ4v) is 3.39. The third-order valence-electron chi connectivity index (χ3n) is 5.03. The number of hydrogen-bond acceptors (Lipinski definition) is 6. The van der Waals surface area contributed by atoms with Gasteiger partial charge in [0.25, 0.3) is 5.56 Å². The molecule has 1 aromatic carbocycles. The molecule has 5 rings (SSSR count). The van der Waals surface area contributed by atoms with Crippen molar-refractivity contribution in [1.29, 1.82) is 0 Å². The van der Waals surface area contributed by atoms with E-state index < -0.39 is 34.8 Å². The van der Waals surface area contributed by atoms with E-state index in [1.807, 2.05) is 0 Å². The average Bonchev–Trinajstić information content (AvgIpc) is 2.86. The highest BCUT2D eigenvalue weighted by atomic mass is 19.4. The Bertz CT molecular complexity index is 1730. The first-order valence-corrected chi connectivity index (χ1v) is 10.4. The Morgan fingerprint density at radius 2 is 1.86 bits per heavy atom. The Kier molecular flexibility index (Phi) is 5.76. The van der Waals surface area contributed by atoms with Crippen LogP contribution < -0.4 is 20.9 Å². The molecule has 0 unspecified atom stereocenters. The molecule has 13 heteroatoms. The van der Waals surface area contributed by atoms with Crippen molar-refractivity contribution in [2.75, 3.05) is 5.32 Å². The lowest BCUT2D eigenvalue weighted by atomic mass is 10.1. The number of benzene rings is 1. The van der Waals surface area contributed by atoms with Crippen molar-refractivity contribution in [3.8, 4) is 5.75 Å². The summed E-state index contributed by atoms with van der Waals surface area (Å²) in [4.78, 5) is 39.0. The molecule has 0 spiro atoms. The number of pyridine rings is 2. The van der Waals surface area contributed by atoms with Crippen LogP contribution in [0.25, 0.3) is 22.6 Å². The molecule has 9 nitrogen and oxygen atoms in total. The van der Waals surface area contributed by atoms with Crippen LogP contribution in [0.5, 0.6) is 5.75 Å². The van der Waals surface area contributed by atoms with Crippen LogP contribution >= 0.6 is 0 Å². The Hall–Kier alpha value is -5.25. The lowest BCUT2D eigenvalue weighted by Gasteiger charge is -2.16. The van der Waals surface area contributed by atoms with Gasteiger partial charge in [-0.1, -0.05) is 0 Å². The van der Waals surface area contributed by atoms with Crippen molar-refractivity contribution in [1.82, 2.24) is 25.3 Å². The molecule has 37 heavy (non-hydrogen) atoms. The van der Waals surface area contributed by atoms with E-state index >= 15 is 0 Å². The van der Waals surface area contributed by atoms with E-state index in [1.165, 1.54) is 18.5 Å². The quantitative estimate of drug-likeness (QED) is 0.280. The molecule has 3 aromatic heterocycles. The molecule has 1 aliphatic carbocycles. The fourth-order valence-electron chi connectivity index (χ4n) is 3.39. The molecule has 4 aromatic rings. The van der Waals surface area contributed by atoms with Gasteiger partial charge in [0.1, 0.15) is 22.7 Å². The maximum Gasteiger partial charge on any atom is 0.416 e. The van der Waals surface area contributed by atoms with Crippen molar-refractivity contribution in [2.45, 2.75) is 6.18 Å². The van der Waals surface area contributed by atoms with Crippen molar-refractivity contribution in [3.63, 3.8) is 0 Å². The van der Waals surface area contributed by atoms with E-state index in [2.05, 4.69) is 42.0 Å². The number of rotatable bonds is 4. The number of carbonyl (C=O) groups is 1. The number of carbonyl (C=O) groups excluding carboxylic acids is 1. The van der Waals surface area contributed by atoms with Crippen molar-refractivity contribution >= 4 is 34.3 Å². The van der Waals surface area contributed by atoms with Gasteiger partial charge in [-0.2, -0.15) is 13.2 Å². The van der Waals surface area contributed by atoms with Crippen LogP contribution in [-0.4, -0.2) is 26.0 Å². The summed E-state index contributed by atoms with van der Waals surface area (Å²) in [5.74, 6) is -0.707. The summed E-state index contributed by atoms with van der Waals surface area (Å²) in [6.07, 6.45) is -0.781. The van der Waals surface area contributed by atoms with Gasteiger partial charge in [0, 0.05) is 18.5 Å². The number of alkyl halides is 3. The average molecular weight is 508 g/mol. The van der Waals surface area contributed by atoms with Crippen molar-refractivity contribution < 1.29 is 27.1 Å². The highest BCUT2D eigenvalue weighted by Crippen LogP contribution is 2.32. The van der Waals surface area contributed by atoms with Crippen molar-refractivity contribution in [3.05, 3.63) is 99.4 Å². The molecule has 0 radical (unpaired) electrons. The second kappa shape index (κ2) is 9.08. The van der Waals surface area contributed by atoms with Gasteiger partial charge in [-0.3, -0.25) is 15.1 Å². The Morgan fingerprint density at radius 3 is 2.68 bits per heavy atom. The smallest absolute Gasteiger partial charge is 0.416 e. The van der Waals surface area contributed by atoms with Crippen LogP contribution in [0.1, 0.15) is 16.8 Å². The van der Waals surface area contributed by atoms with Gasteiger partial charge in [0.2, 0.25) is 0 Å². The monoisotopic (exact) mass is 508 g/mol. The summed E-state index contributed by atoms with van der Waals surface area (Å²) < 4.78 is 58.8. The number of fused-ring (bicyclic) bond motifs is 2. The number of hydrogen-bond donors (Lipinski definition) is 3. The van der Waals surface area contributed by atoms with E-state index in [0.29, 0.717) is 23.8 Å². The first-order valence-electron chi connectivity index (χ1n) is 10.4. The topological polar surface area (TPSA) is 122 Å². The zero-order chi connectivity index (χ0) is 26.2. The van der Waals surface area contributed by atoms with Gasteiger partial charge >= 0.3 is 12.2 Å². The minimum Gasteiger partial charge on any atom is -0.445 e. The summed E-state index contributed by atoms with van der Waals surface area (Å²) in [6.45, 7) is 0. The summed E-state index contributed by atoms with van der Waals surface area (Å²) >= 11 is 0. The summed E-state index contributed by atoms with van der Waals surface area (Å²) in [7, 11) is 0. The zero-order valence-electron chi connectivity index (χ0n) is 18.3. The second-order valence-corrected chi connectivity index (χ2v) is 7.48. The maximum atomic E-state index is 14.0. The van der Waals surface area contributed by atoms with Crippen LogP contribution in [0.2, 0.25) is 0 Å². The number of aromatic nitrogens is 4. The summed E-state index contributed by atoms with van der Waals surface area (Å²) in [5, 5.41) is 4.43. The van der Waals surface area contributed by atoms with Crippen LogP contribution in [0.4, 0.5) is 28.0 Å². The third-order valence-corrected chi connectivity index (χ3v) is 5.03. The van der Waals surface area contributed by atoms with E-state index in [-0.39, 0.29) is 34.1 Å². The molecule has 0 saturated heterocycles. The third kappa shape index (κ3) is 4.80. The van der Waals surface area contributed by atoms with Gasteiger partial charge in [-0.25, -0.2) is 19.2 Å². The van der Waals surface area contributed by atoms with Crippen LogP contribution in [0, 0.1) is 5.82 Å². The second-order valence-electron chi connectivity index (χ2n) is 7.48. The minimum atomic E-state index is -4.72. The molecule has 3 heterocycles. The van der Waals surface area contributed by atoms with E-state index in [9.17, 15) is 27.2 Å². The number of urea groups is 1. The van der Waals surface area contributed by atoms with E-state index in [0.717, 1.165) is 6.20 Å². The number of ether oxygens (including phenoxy) is 1. The normalized spacial score (nSPS) is 12.4. The molecule has 0 fully saturated rings. The van der Waals surface area contributed by atoms with Crippen LogP contribution in [0.3, 0.4) is 0 Å². The molecule has 184 valence electrons. The van der Waals surface area contributed by atoms with Gasteiger partial charge in [0.15, 0.2) is 17.2 Å². The molecule has 0 atom stereocenters. The number of amides is 2. The first kappa shape index (κ1) is 23.5. The highest BCUT2D eigenvalue weighted by Gasteiger charge is 2.31. The Morgan fingerprint density at radius 1 is 1.03 bits per heavy atom. The number of halogens is 4. The van der Waals surface area contributed by atoms with E-state index in [1.54, 1.807) is 12.1 Å². The number of anilines is 1. The highest BCUT2D eigenvalue weighted by molar-refractivity contribution is 5.96. The Labute approximate surface area is 203 Å². The molecule has 2 amide bonds. The van der Waals surface area contributed by atoms with E-state index in [4.69, 9.17) is 4.74 Å². The molecule has 0 bridgehead atoms. The fraction of sp³-hybridized carbons (Fsp3) is 0.0417. The largest absolute Gasteiger partial charge is 0.445 e. The summed E-state index contributed by atoms with van der Waals surface area (Å²) in [5.41, 5.74) is 4.19. The van der Waals surface area contributed by atoms with Gasteiger partial charge < -0.3 is 15.0 Å². The number of aromatic amines is 1. The molecule has 0 saturated carbocycles. The lowest BCUT2D eigenvalue weighted by molar-refractivity contribution is -0.137. The van der Waals surface area contributed by atoms with Crippen molar-refractivity contribution in [2.24, 2.45) is 0 Å². The minimum absolute atomic E-state index is 0.00231. The molecule has 0 aliphatic heterocycles. The van der Waals surface area contributed by atoms with Gasteiger partial charge in [-0.15, -0.1) is 0 Å². The number of H-pyrrole nitrogens is 1. The predicted octanol–water partition coefficient (Wildman–Crippen LogP) is 4.22. The SMILES string of the molecule is O=C(NC1=C=C=C(Oc2ccnc3ncc(=O)[nH]c23)c2cccnc21)Nc1cc(C(F)(F)F)ccc1F. The molecular weight excluding hydrogens is 496 g/mol. The van der Waals surface area contributed by atoms with Crippen LogP contribution in [-0.2, 0) is 6.18 Å². The predicted molar refractivity (Wildman–Crippen MR) is 122 cm³/mol. The molecule has 1 aliphatic rings. The number of nitrogens with one attached hydrogen (secondary N) is 3. The zero-order valence-corrected chi connectivity index (χ0v) is 18.3. The van der Waals surface area contributed by atoms with Gasteiger partial charge in [-0.05, 0) is 41.8 Å². The molecular formula is C24H12F4N6O3. The standard InChI is InChI=1S/C24H12F4N6O3/c25-14-4-3-12(24(26,27)28)10-16(14)33-23(36)32-15-5-6-17(13-2-1-8-29-20(13)15)37-18-7-9-30-22-21(18)34-19(35)11-31-22/h1-4,7-11H,(H,34,35)(H2,32,33,36). The Balaban J connectivity index is 1.46.